The van der Waals surface area contributed by atoms with Crippen LogP contribution in [0.1, 0.15) is 46.1 Å². The third-order valence-corrected chi connectivity index (χ3v) is 6.97. The molecule has 1 aromatic carbocycles. The molecule has 1 aliphatic carbocycles. The molecule has 0 bridgehead atoms. The topological polar surface area (TPSA) is 41.6 Å². The molecule has 4 rings (SSSR count). The van der Waals surface area contributed by atoms with Crippen molar-refractivity contribution >= 4 is 45.3 Å². The molecule has 0 saturated carbocycles. The van der Waals surface area contributed by atoms with Crippen molar-refractivity contribution in [2.24, 2.45) is 5.92 Å². The Balaban J connectivity index is 1.65. The first-order valence-corrected chi connectivity index (χ1v) is 10.7. The highest BCUT2D eigenvalue weighted by molar-refractivity contribution is 7.80. The average Bonchev–Trinajstić information content (AvgIpc) is 3.03. The summed E-state index contributed by atoms with van der Waals surface area (Å²) in [6, 6.07) is 8.40. The standard InChI is InChI=1S/C21H24N2O2S2/c1-13-9-10-15-17(12-13)27-19(18(15)20(24)25-2)22-21(26)23-11-5-7-14-6-3-4-8-16(14)23/h3-4,6,8,13H,5,7,9-12H2,1-2H3,(H,22,26)/t13-/m0/s1. The van der Waals surface area contributed by atoms with Crippen molar-refractivity contribution in [3.8, 4) is 0 Å². The fourth-order valence-electron chi connectivity index (χ4n) is 4.07. The molecule has 6 heteroatoms. The Morgan fingerprint density at radius 2 is 2.15 bits per heavy atom. The minimum atomic E-state index is -0.272. The lowest BCUT2D eigenvalue weighted by Crippen LogP contribution is -2.38. The van der Waals surface area contributed by atoms with Crippen LogP contribution in [0.3, 0.4) is 0 Å². The number of esters is 1. The number of para-hydroxylation sites is 1. The third-order valence-electron chi connectivity index (χ3n) is 5.48. The Labute approximate surface area is 169 Å². The Bertz CT molecular complexity index is 890. The van der Waals surface area contributed by atoms with Gasteiger partial charge in [-0.25, -0.2) is 4.79 Å². The van der Waals surface area contributed by atoms with Crippen LogP contribution in [0.25, 0.3) is 0 Å². The predicted octanol–water partition coefficient (Wildman–Crippen LogP) is 4.81. The number of fused-ring (bicyclic) bond motifs is 2. The van der Waals surface area contributed by atoms with Crippen molar-refractivity contribution in [3.05, 3.63) is 45.8 Å². The smallest absolute Gasteiger partial charge is 0.341 e. The first-order valence-electron chi connectivity index (χ1n) is 9.47. The molecule has 2 aromatic rings. The summed E-state index contributed by atoms with van der Waals surface area (Å²) in [7, 11) is 1.45. The third kappa shape index (κ3) is 3.48. The van der Waals surface area contributed by atoms with Crippen LogP contribution in [0, 0.1) is 5.92 Å². The summed E-state index contributed by atoms with van der Waals surface area (Å²) in [6.07, 6.45) is 5.20. The van der Waals surface area contributed by atoms with E-state index in [2.05, 4.69) is 35.3 Å². The van der Waals surface area contributed by atoms with Gasteiger partial charge in [-0.2, -0.15) is 0 Å². The van der Waals surface area contributed by atoms with Crippen LogP contribution in [0.15, 0.2) is 24.3 Å². The monoisotopic (exact) mass is 400 g/mol. The lowest BCUT2D eigenvalue weighted by molar-refractivity contribution is 0.0601. The number of carbonyl (C=O) groups excluding carboxylic acids is 1. The van der Waals surface area contributed by atoms with E-state index in [9.17, 15) is 4.79 Å². The van der Waals surface area contributed by atoms with Crippen molar-refractivity contribution in [3.63, 3.8) is 0 Å². The van der Waals surface area contributed by atoms with Crippen molar-refractivity contribution in [1.82, 2.24) is 0 Å². The van der Waals surface area contributed by atoms with E-state index in [1.807, 2.05) is 6.07 Å². The van der Waals surface area contributed by atoms with Crippen molar-refractivity contribution in [1.29, 1.82) is 0 Å². The van der Waals surface area contributed by atoms with Crippen LogP contribution in [-0.2, 0) is 24.0 Å². The van der Waals surface area contributed by atoms with Crippen LogP contribution >= 0.6 is 23.6 Å². The summed E-state index contributed by atoms with van der Waals surface area (Å²) < 4.78 is 5.08. The van der Waals surface area contributed by atoms with E-state index in [1.165, 1.54) is 17.6 Å². The van der Waals surface area contributed by atoms with Gasteiger partial charge in [0.1, 0.15) is 5.00 Å². The van der Waals surface area contributed by atoms with E-state index >= 15 is 0 Å². The SMILES string of the molecule is COC(=O)c1c(NC(=S)N2CCCc3ccccc32)sc2c1CC[C@H](C)C2. The van der Waals surface area contributed by atoms with Crippen LogP contribution in [0.5, 0.6) is 0 Å². The van der Waals surface area contributed by atoms with Crippen LogP contribution < -0.4 is 10.2 Å². The number of methoxy groups -OCH3 is 1. The zero-order valence-corrected chi connectivity index (χ0v) is 17.3. The number of ether oxygens (including phenoxy) is 1. The minimum absolute atomic E-state index is 0.272. The van der Waals surface area contributed by atoms with Gasteiger partial charge in [-0.3, -0.25) is 0 Å². The highest BCUT2D eigenvalue weighted by Crippen LogP contribution is 2.40. The maximum atomic E-state index is 12.5. The summed E-state index contributed by atoms with van der Waals surface area (Å²) in [5, 5.41) is 4.86. The molecule has 4 nitrogen and oxygen atoms in total. The summed E-state index contributed by atoms with van der Waals surface area (Å²) in [4.78, 5) is 15.9. The molecule has 1 atom stereocenters. The van der Waals surface area contributed by atoms with Gasteiger partial charge in [0.05, 0.1) is 12.7 Å². The van der Waals surface area contributed by atoms with E-state index in [4.69, 9.17) is 17.0 Å². The van der Waals surface area contributed by atoms with Crippen molar-refractivity contribution < 1.29 is 9.53 Å². The molecule has 0 fully saturated rings. The largest absolute Gasteiger partial charge is 0.465 e. The first kappa shape index (κ1) is 18.4. The second kappa shape index (κ2) is 7.60. The number of thiophene rings is 1. The van der Waals surface area contributed by atoms with E-state index in [0.717, 1.165) is 54.9 Å². The Morgan fingerprint density at radius 1 is 1.33 bits per heavy atom. The van der Waals surface area contributed by atoms with E-state index in [0.29, 0.717) is 16.6 Å². The fourth-order valence-corrected chi connectivity index (χ4v) is 5.82. The highest BCUT2D eigenvalue weighted by atomic mass is 32.1. The Hall–Kier alpha value is -1.92. The van der Waals surface area contributed by atoms with E-state index < -0.39 is 0 Å². The van der Waals surface area contributed by atoms with Gasteiger partial charge in [0.25, 0.3) is 0 Å². The number of benzene rings is 1. The van der Waals surface area contributed by atoms with Crippen molar-refractivity contribution in [2.45, 2.75) is 39.0 Å². The van der Waals surface area contributed by atoms with Crippen LogP contribution in [-0.4, -0.2) is 24.7 Å². The zero-order valence-electron chi connectivity index (χ0n) is 15.7. The molecule has 0 saturated heterocycles. The lowest BCUT2D eigenvalue weighted by Gasteiger charge is -2.31. The number of thiocarbonyl (C=S) groups is 1. The molecule has 1 N–H and O–H groups in total. The average molecular weight is 401 g/mol. The van der Waals surface area contributed by atoms with E-state index in [1.54, 1.807) is 11.3 Å². The van der Waals surface area contributed by atoms with Gasteiger partial charge >= 0.3 is 5.97 Å². The number of hydrogen-bond donors (Lipinski definition) is 1. The number of carbonyl (C=O) groups is 1. The van der Waals surface area contributed by atoms with Gasteiger partial charge in [-0.05, 0) is 67.4 Å². The molecule has 27 heavy (non-hydrogen) atoms. The molecular formula is C21H24N2O2S2. The fraction of sp³-hybridized carbons (Fsp3) is 0.429. The number of anilines is 2. The van der Waals surface area contributed by atoms with Crippen LogP contribution in [0.2, 0.25) is 0 Å². The van der Waals surface area contributed by atoms with E-state index in [-0.39, 0.29) is 5.97 Å². The van der Waals surface area contributed by atoms with Gasteiger partial charge in [-0.1, -0.05) is 25.1 Å². The zero-order chi connectivity index (χ0) is 19.0. The number of nitrogens with zero attached hydrogens (tertiary/aromatic N) is 1. The molecule has 2 heterocycles. The molecule has 2 aliphatic rings. The van der Waals surface area contributed by atoms with Crippen LogP contribution in [0.4, 0.5) is 10.7 Å². The molecule has 1 aliphatic heterocycles. The normalized spacial score (nSPS) is 18.4. The number of aryl methyl sites for hydroxylation is 1. The summed E-state index contributed by atoms with van der Waals surface area (Å²) in [5.41, 5.74) is 4.31. The van der Waals surface area contributed by atoms with Gasteiger partial charge in [-0.15, -0.1) is 11.3 Å². The maximum Gasteiger partial charge on any atom is 0.341 e. The lowest BCUT2D eigenvalue weighted by atomic mass is 9.88. The molecule has 0 spiro atoms. The summed E-state index contributed by atoms with van der Waals surface area (Å²) in [6.45, 7) is 3.15. The molecular weight excluding hydrogens is 376 g/mol. The molecule has 0 unspecified atom stereocenters. The second-order valence-electron chi connectivity index (χ2n) is 7.36. The molecule has 0 amide bonds. The number of nitrogens with one attached hydrogen (secondary N) is 1. The highest BCUT2D eigenvalue weighted by Gasteiger charge is 2.29. The van der Waals surface area contributed by atoms with Crippen molar-refractivity contribution in [2.75, 3.05) is 23.9 Å². The van der Waals surface area contributed by atoms with Gasteiger partial charge in [0, 0.05) is 17.1 Å². The summed E-state index contributed by atoms with van der Waals surface area (Å²) >= 11 is 7.40. The number of rotatable bonds is 2. The summed E-state index contributed by atoms with van der Waals surface area (Å²) in [5.74, 6) is 0.377. The van der Waals surface area contributed by atoms with Gasteiger partial charge < -0.3 is 15.0 Å². The van der Waals surface area contributed by atoms with Gasteiger partial charge in [0.2, 0.25) is 0 Å². The molecule has 1 aromatic heterocycles. The quantitative estimate of drug-likeness (QED) is 0.579. The minimum Gasteiger partial charge on any atom is -0.465 e. The maximum absolute atomic E-state index is 12.5. The van der Waals surface area contributed by atoms with Gasteiger partial charge in [0.15, 0.2) is 5.11 Å². The number of hydrogen-bond acceptors (Lipinski definition) is 4. The Kier molecular flexibility index (Phi) is 5.19. The first-order chi connectivity index (χ1) is 13.1. The predicted molar refractivity (Wildman–Crippen MR) is 115 cm³/mol. The Morgan fingerprint density at radius 3 is 2.96 bits per heavy atom. The molecule has 142 valence electrons. The second-order valence-corrected chi connectivity index (χ2v) is 8.85. The molecule has 0 radical (unpaired) electrons.